The van der Waals surface area contributed by atoms with Crippen molar-refractivity contribution in [3.63, 3.8) is 0 Å². The Kier molecular flexibility index (Phi) is 5.92. The summed E-state index contributed by atoms with van der Waals surface area (Å²) >= 11 is 0. The molecule has 4 rings (SSSR count). The van der Waals surface area contributed by atoms with E-state index in [1.807, 2.05) is 48.5 Å². The van der Waals surface area contributed by atoms with Crippen LogP contribution in [0.5, 0.6) is 0 Å². The predicted molar refractivity (Wildman–Crippen MR) is 108 cm³/mol. The van der Waals surface area contributed by atoms with E-state index in [-0.39, 0.29) is 12.5 Å². The first-order valence-corrected chi connectivity index (χ1v) is 10.1. The Hall–Kier alpha value is -2.70. The molecule has 0 N–H and O–H groups in total. The normalized spacial score (nSPS) is 19.0. The molecule has 0 atom stereocenters. The van der Waals surface area contributed by atoms with Crippen molar-refractivity contribution >= 4 is 12.0 Å². The van der Waals surface area contributed by atoms with Crippen molar-refractivity contribution in [1.82, 2.24) is 9.80 Å². The first-order valence-electron chi connectivity index (χ1n) is 10.1. The molecular formula is C23H26N2O4. The number of nitrogens with zero attached hydrogens (tertiary/aromatic N) is 2. The molecule has 0 unspecified atom stereocenters. The largest absolute Gasteiger partial charge is 0.432 e. The zero-order valence-electron chi connectivity index (χ0n) is 16.5. The number of carbonyl (C=O) groups excluding carboxylic acids is 2. The second-order valence-electron chi connectivity index (χ2n) is 7.62. The van der Waals surface area contributed by atoms with Crippen LogP contribution in [0.3, 0.4) is 0 Å². The zero-order chi connectivity index (χ0) is 20.1. The zero-order valence-corrected chi connectivity index (χ0v) is 16.5. The molecule has 0 aliphatic carbocycles. The first kappa shape index (κ1) is 19.6. The lowest BCUT2D eigenvalue weighted by atomic mass is 9.90. The number of piperidine rings is 1. The summed E-state index contributed by atoms with van der Waals surface area (Å²) in [6.45, 7) is 3.28. The Morgan fingerprint density at radius 1 is 0.897 bits per heavy atom. The molecule has 2 fully saturated rings. The molecule has 2 aromatic carbocycles. The minimum Gasteiger partial charge on any atom is -0.432 e. The van der Waals surface area contributed by atoms with Crippen LogP contribution in [0, 0.1) is 0 Å². The molecular weight excluding hydrogens is 368 g/mol. The molecule has 0 radical (unpaired) electrons. The van der Waals surface area contributed by atoms with E-state index in [0.29, 0.717) is 26.1 Å². The Morgan fingerprint density at radius 3 is 2.17 bits per heavy atom. The van der Waals surface area contributed by atoms with Crippen LogP contribution in [-0.4, -0.2) is 53.6 Å². The number of benzene rings is 2. The fourth-order valence-corrected chi connectivity index (χ4v) is 3.94. The van der Waals surface area contributed by atoms with E-state index < -0.39 is 11.7 Å². The Balaban J connectivity index is 1.26. The van der Waals surface area contributed by atoms with Gasteiger partial charge >= 0.3 is 6.09 Å². The van der Waals surface area contributed by atoms with Crippen LogP contribution in [0.4, 0.5) is 4.79 Å². The van der Waals surface area contributed by atoms with Gasteiger partial charge in [0.05, 0.1) is 19.8 Å². The maximum atomic E-state index is 12.9. The second kappa shape index (κ2) is 8.76. The molecule has 0 saturated carbocycles. The number of amides is 2. The summed E-state index contributed by atoms with van der Waals surface area (Å²) in [5.74, 6) is -0.217. The number of hydrogen-bond acceptors (Lipinski definition) is 5. The van der Waals surface area contributed by atoms with Crippen molar-refractivity contribution in [3.8, 4) is 0 Å². The highest BCUT2D eigenvalue weighted by Gasteiger charge is 2.54. The van der Waals surface area contributed by atoms with Crippen LogP contribution < -0.4 is 0 Å². The molecule has 152 valence electrons. The van der Waals surface area contributed by atoms with Crippen molar-refractivity contribution in [2.45, 2.75) is 31.6 Å². The highest BCUT2D eigenvalue weighted by molar-refractivity contribution is 6.03. The molecule has 2 aliphatic rings. The average Bonchev–Trinajstić information content (AvgIpc) is 2.98. The van der Waals surface area contributed by atoms with Crippen LogP contribution in [-0.2, 0) is 27.4 Å². The quantitative estimate of drug-likeness (QED) is 0.675. The number of hydrogen-bond donors (Lipinski definition) is 0. The third-order valence-electron chi connectivity index (χ3n) is 5.62. The third kappa shape index (κ3) is 4.49. The average molecular weight is 394 g/mol. The Bertz CT molecular complexity index is 832. The molecule has 6 nitrogen and oxygen atoms in total. The van der Waals surface area contributed by atoms with Gasteiger partial charge in [0.1, 0.15) is 0 Å². The van der Waals surface area contributed by atoms with E-state index in [1.165, 1.54) is 10.5 Å². The SMILES string of the molecule is O=C1OC2(CCN(Cc3ccccc3)CC2)C(=O)N1CCOCc1ccccc1. The minimum atomic E-state index is -0.996. The topological polar surface area (TPSA) is 59.1 Å². The lowest BCUT2D eigenvalue weighted by molar-refractivity contribution is -0.141. The van der Waals surface area contributed by atoms with Crippen molar-refractivity contribution in [2.24, 2.45) is 0 Å². The fraction of sp³-hybridized carbons (Fsp3) is 0.391. The number of ether oxygens (including phenoxy) is 2. The molecule has 0 bridgehead atoms. The number of carbonyl (C=O) groups is 2. The third-order valence-corrected chi connectivity index (χ3v) is 5.62. The van der Waals surface area contributed by atoms with E-state index in [1.54, 1.807) is 0 Å². The maximum absolute atomic E-state index is 12.9. The fourth-order valence-electron chi connectivity index (χ4n) is 3.94. The molecule has 2 saturated heterocycles. The summed E-state index contributed by atoms with van der Waals surface area (Å²) in [7, 11) is 0. The van der Waals surface area contributed by atoms with Gasteiger partial charge in [-0.2, -0.15) is 0 Å². The van der Waals surface area contributed by atoms with Gasteiger partial charge in [-0.3, -0.25) is 9.69 Å². The summed E-state index contributed by atoms with van der Waals surface area (Å²) in [6.07, 6.45) is 0.521. The lowest BCUT2D eigenvalue weighted by Gasteiger charge is -2.36. The van der Waals surface area contributed by atoms with Gasteiger partial charge in [0.2, 0.25) is 0 Å². The van der Waals surface area contributed by atoms with Gasteiger partial charge in [-0.05, 0) is 11.1 Å². The van der Waals surface area contributed by atoms with E-state index in [2.05, 4.69) is 17.0 Å². The van der Waals surface area contributed by atoms with Gasteiger partial charge in [-0.25, -0.2) is 9.69 Å². The van der Waals surface area contributed by atoms with E-state index >= 15 is 0 Å². The van der Waals surface area contributed by atoms with Crippen LogP contribution in [0.1, 0.15) is 24.0 Å². The van der Waals surface area contributed by atoms with Crippen molar-refractivity contribution < 1.29 is 19.1 Å². The molecule has 2 aromatic rings. The molecule has 29 heavy (non-hydrogen) atoms. The van der Waals surface area contributed by atoms with Gasteiger partial charge in [0.15, 0.2) is 5.60 Å². The van der Waals surface area contributed by atoms with Crippen LogP contribution in [0.15, 0.2) is 60.7 Å². The highest BCUT2D eigenvalue weighted by Crippen LogP contribution is 2.34. The standard InChI is InChI=1S/C23H26N2O4/c26-21-23(11-13-24(14-12-23)17-19-7-3-1-4-8-19)29-22(27)25(21)15-16-28-18-20-9-5-2-6-10-20/h1-10H,11-18H2. The monoisotopic (exact) mass is 394 g/mol. The highest BCUT2D eigenvalue weighted by atomic mass is 16.6. The summed E-state index contributed by atoms with van der Waals surface area (Å²) in [5, 5.41) is 0. The van der Waals surface area contributed by atoms with E-state index in [0.717, 1.165) is 25.2 Å². The Labute approximate surface area is 171 Å². The van der Waals surface area contributed by atoms with Crippen LogP contribution in [0.2, 0.25) is 0 Å². The second-order valence-corrected chi connectivity index (χ2v) is 7.62. The van der Waals surface area contributed by atoms with Crippen LogP contribution >= 0.6 is 0 Å². The number of rotatable bonds is 7. The smallest absolute Gasteiger partial charge is 0.417 e. The predicted octanol–water partition coefficient (Wildman–Crippen LogP) is 3.22. The van der Waals surface area contributed by atoms with Gasteiger partial charge in [0.25, 0.3) is 5.91 Å². The van der Waals surface area contributed by atoms with Gasteiger partial charge in [-0.15, -0.1) is 0 Å². The molecule has 2 amide bonds. The summed E-state index contributed by atoms with van der Waals surface area (Å²) < 4.78 is 11.2. The number of likely N-dealkylation sites (tertiary alicyclic amines) is 1. The first-order chi connectivity index (χ1) is 14.2. The van der Waals surface area contributed by atoms with E-state index in [9.17, 15) is 9.59 Å². The van der Waals surface area contributed by atoms with Gasteiger partial charge in [-0.1, -0.05) is 60.7 Å². The molecule has 2 heterocycles. The van der Waals surface area contributed by atoms with Gasteiger partial charge in [0, 0.05) is 32.5 Å². The number of imide groups is 1. The molecule has 6 heteroatoms. The minimum absolute atomic E-state index is 0.217. The molecule has 2 aliphatic heterocycles. The van der Waals surface area contributed by atoms with Gasteiger partial charge < -0.3 is 9.47 Å². The maximum Gasteiger partial charge on any atom is 0.417 e. The summed E-state index contributed by atoms with van der Waals surface area (Å²) in [4.78, 5) is 28.7. The molecule has 1 spiro atoms. The summed E-state index contributed by atoms with van der Waals surface area (Å²) in [5.41, 5.74) is 1.31. The molecule has 0 aromatic heterocycles. The van der Waals surface area contributed by atoms with E-state index in [4.69, 9.17) is 9.47 Å². The van der Waals surface area contributed by atoms with Crippen molar-refractivity contribution in [2.75, 3.05) is 26.2 Å². The van der Waals surface area contributed by atoms with Crippen molar-refractivity contribution in [3.05, 3.63) is 71.8 Å². The summed E-state index contributed by atoms with van der Waals surface area (Å²) in [6, 6.07) is 20.1. The Morgan fingerprint density at radius 2 is 1.52 bits per heavy atom. The van der Waals surface area contributed by atoms with Crippen LogP contribution in [0.25, 0.3) is 0 Å². The lowest BCUT2D eigenvalue weighted by Crippen LogP contribution is -2.50. The van der Waals surface area contributed by atoms with Crippen molar-refractivity contribution in [1.29, 1.82) is 0 Å².